The van der Waals surface area contributed by atoms with Gasteiger partial charge in [0, 0.05) is 17.1 Å². The number of rotatable bonds is 3. The van der Waals surface area contributed by atoms with Gasteiger partial charge in [-0.05, 0) is 30.7 Å². The van der Waals surface area contributed by atoms with Crippen LogP contribution in [-0.2, 0) is 7.05 Å². The minimum atomic E-state index is -0.759. The molecular formula is C13H15BrN2O2. The maximum Gasteiger partial charge on any atom is 0.125 e. The third-order valence-corrected chi connectivity index (χ3v) is 3.42. The molecule has 1 aromatic heterocycles. The predicted molar refractivity (Wildman–Crippen MR) is 72.7 cm³/mol. The van der Waals surface area contributed by atoms with Crippen LogP contribution in [0.15, 0.2) is 28.9 Å². The standard InChI is InChI=1S/C13H15BrN2O2/c1-8-7-15-16(2)12(8)13(17)10-6-9(14)4-5-11(10)18-3/h4-7,13,17H,1-3H3. The molecule has 0 saturated carbocycles. The number of aromatic nitrogens is 2. The molecule has 0 spiro atoms. The summed E-state index contributed by atoms with van der Waals surface area (Å²) in [6, 6.07) is 5.56. The second-order valence-electron chi connectivity index (χ2n) is 4.13. The minimum Gasteiger partial charge on any atom is -0.496 e. The fraction of sp³-hybridized carbons (Fsp3) is 0.308. The van der Waals surface area contributed by atoms with E-state index in [1.54, 1.807) is 18.0 Å². The first-order chi connectivity index (χ1) is 8.54. The molecule has 18 heavy (non-hydrogen) atoms. The molecule has 0 bridgehead atoms. The van der Waals surface area contributed by atoms with E-state index in [4.69, 9.17) is 4.74 Å². The fourth-order valence-electron chi connectivity index (χ4n) is 2.02. The highest BCUT2D eigenvalue weighted by molar-refractivity contribution is 9.10. The number of halogens is 1. The molecule has 4 nitrogen and oxygen atoms in total. The Morgan fingerprint density at radius 3 is 2.72 bits per heavy atom. The highest BCUT2D eigenvalue weighted by atomic mass is 79.9. The maximum atomic E-state index is 10.5. The monoisotopic (exact) mass is 310 g/mol. The summed E-state index contributed by atoms with van der Waals surface area (Å²) in [6.07, 6.45) is 0.980. The molecular weight excluding hydrogens is 296 g/mol. The van der Waals surface area contributed by atoms with Crippen LogP contribution in [0.1, 0.15) is 22.9 Å². The normalized spacial score (nSPS) is 12.5. The number of nitrogens with zero attached hydrogens (tertiary/aromatic N) is 2. The largest absolute Gasteiger partial charge is 0.496 e. The zero-order chi connectivity index (χ0) is 13.3. The van der Waals surface area contributed by atoms with E-state index in [2.05, 4.69) is 21.0 Å². The number of methoxy groups -OCH3 is 1. The molecule has 1 aromatic carbocycles. The van der Waals surface area contributed by atoms with Crippen LogP contribution in [0.3, 0.4) is 0 Å². The van der Waals surface area contributed by atoms with E-state index >= 15 is 0 Å². The first-order valence-electron chi connectivity index (χ1n) is 5.54. The van der Waals surface area contributed by atoms with Crippen LogP contribution in [0.2, 0.25) is 0 Å². The number of aliphatic hydroxyl groups excluding tert-OH is 1. The van der Waals surface area contributed by atoms with E-state index in [0.29, 0.717) is 5.75 Å². The third kappa shape index (κ3) is 2.28. The molecule has 1 N–H and O–H groups in total. The van der Waals surface area contributed by atoms with Gasteiger partial charge in [0.15, 0.2) is 0 Å². The van der Waals surface area contributed by atoms with E-state index in [1.165, 1.54) is 0 Å². The van der Waals surface area contributed by atoms with Crippen molar-refractivity contribution in [2.45, 2.75) is 13.0 Å². The Hall–Kier alpha value is -1.33. The number of aliphatic hydroxyl groups is 1. The molecule has 0 aliphatic carbocycles. The smallest absolute Gasteiger partial charge is 0.125 e. The molecule has 2 aromatic rings. The summed E-state index contributed by atoms with van der Waals surface area (Å²) in [6.45, 7) is 1.93. The maximum absolute atomic E-state index is 10.5. The predicted octanol–water partition coefficient (Wildman–Crippen LogP) is 2.58. The Morgan fingerprint density at radius 2 is 2.17 bits per heavy atom. The van der Waals surface area contributed by atoms with Gasteiger partial charge in [0.25, 0.3) is 0 Å². The quantitative estimate of drug-likeness (QED) is 0.948. The van der Waals surface area contributed by atoms with Crippen molar-refractivity contribution in [1.29, 1.82) is 0 Å². The first kappa shape index (κ1) is 13.1. The molecule has 0 saturated heterocycles. The van der Waals surface area contributed by atoms with Crippen LogP contribution in [0.4, 0.5) is 0 Å². The summed E-state index contributed by atoms with van der Waals surface area (Å²) in [5.74, 6) is 0.659. The van der Waals surface area contributed by atoms with Gasteiger partial charge in [-0.1, -0.05) is 15.9 Å². The van der Waals surface area contributed by atoms with Crippen LogP contribution in [0, 0.1) is 6.92 Å². The minimum absolute atomic E-state index is 0.659. The molecule has 5 heteroatoms. The molecule has 0 aliphatic rings. The van der Waals surface area contributed by atoms with Crippen LogP contribution >= 0.6 is 15.9 Å². The van der Waals surface area contributed by atoms with Crippen molar-refractivity contribution < 1.29 is 9.84 Å². The van der Waals surface area contributed by atoms with Gasteiger partial charge in [-0.15, -0.1) is 0 Å². The molecule has 0 radical (unpaired) electrons. The molecule has 1 heterocycles. The molecule has 96 valence electrons. The van der Waals surface area contributed by atoms with Gasteiger partial charge in [0.05, 0.1) is 19.0 Å². The van der Waals surface area contributed by atoms with E-state index in [-0.39, 0.29) is 0 Å². The van der Waals surface area contributed by atoms with Gasteiger partial charge in [0.2, 0.25) is 0 Å². The van der Waals surface area contributed by atoms with Crippen molar-refractivity contribution in [3.8, 4) is 5.75 Å². The Labute approximate surface area is 114 Å². The lowest BCUT2D eigenvalue weighted by Crippen LogP contribution is -2.09. The number of hydrogen-bond acceptors (Lipinski definition) is 3. The summed E-state index contributed by atoms with van der Waals surface area (Å²) < 4.78 is 7.87. The van der Waals surface area contributed by atoms with Crippen molar-refractivity contribution in [2.24, 2.45) is 7.05 Å². The topological polar surface area (TPSA) is 47.3 Å². The Kier molecular flexibility index (Phi) is 3.73. The van der Waals surface area contributed by atoms with Gasteiger partial charge >= 0.3 is 0 Å². The van der Waals surface area contributed by atoms with E-state index in [1.807, 2.05) is 32.2 Å². The van der Waals surface area contributed by atoms with Gasteiger partial charge in [0.1, 0.15) is 11.9 Å². The van der Waals surface area contributed by atoms with Gasteiger partial charge in [-0.25, -0.2) is 0 Å². The third-order valence-electron chi connectivity index (χ3n) is 2.92. The average Bonchev–Trinajstić information content (AvgIpc) is 2.68. The van der Waals surface area contributed by atoms with Crippen LogP contribution in [0.25, 0.3) is 0 Å². The summed E-state index contributed by atoms with van der Waals surface area (Å²) in [7, 11) is 3.41. The Balaban J connectivity index is 2.51. The summed E-state index contributed by atoms with van der Waals surface area (Å²) in [5.41, 5.74) is 2.44. The lowest BCUT2D eigenvalue weighted by atomic mass is 10.0. The van der Waals surface area contributed by atoms with E-state index in [9.17, 15) is 5.11 Å². The van der Waals surface area contributed by atoms with Crippen molar-refractivity contribution in [1.82, 2.24) is 9.78 Å². The van der Waals surface area contributed by atoms with Crippen molar-refractivity contribution in [3.63, 3.8) is 0 Å². The second kappa shape index (κ2) is 5.12. The van der Waals surface area contributed by atoms with E-state index in [0.717, 1.165) is 21.3 Å². The van der Waals surface area contributed by atoms with Crippen LogP contribution in [0.5, 0.6) is 5.75 Å². The highest BCUT2D eigenvalue weighted by Gasteiger charge is 2.20. The lowest BCUT2D eigenvalue weighted by Gasteiger charge is -2.16. The van der Waals surface area contributed by atoms with Crippen molar-refractivity contribution in [3.05, 3.63) is 45.7 Å². The number of hydrogen-bond donors (Lipinski definition) is 1. The SMILES string of the molecule is COc1ccc(Br)cc1C(O)c1c(C)cnn1C. The Morgan fingerprint density at radius 1 is 1.44 bits per heavy atom. The summed E-state index contributed by atoms with van der Waals surface area (Å²) in [5, 5.41) is 14.7. The van der Waals surface area contributed by atoms with Gasteiger partial charge in [-0.2, -0.15) is 5.10 Å². The van der Waals surface area contributed by atoms with Gasteiger partial charge < -0.3 is 9.84 Å². The summed E-state index contributed by atoms with van der Waals surface area (Å²) >= 11 is 3.41. The van der Waals surface area contributed by atoms with Gasteiger partial charge in [-0.3, -0.25) is 4.68 Å². The number of aryl methyl sites for hydroxylation is 2. The lowest BCUT2D eigenvalue weighted by molar-refractivity contribution is 0.204. The Bertz CT molecular complexity index is 547. The fourth-order valence-corrected chi connectivity index (χ4v) is 2.39. The van der Waals surface area contributed by atoms with Crippen LogP contribution in [-0.4, -0.2) is 22.0 Å². The first-order valence-corrected chi connectivity index (χ1v) is 6.34. The molecule has 0 amide bonds. The van der Waals surface area contributed by atoms with Crippen molar-refractivity contribution in [2.75, 3.05) is 7.11 Å². The van der Waals surface area contributed by atoms with Crippen LogP contribution < -0.4 is 4.74 Å². The molecule has 1 unspecified atom stereocenters. The van der Waals surface area contributed by atoms with E-state index < -0.39 is 6.10 Å². The molecule has 1 atom stereocenters. The number of ether oxygens (including phenoxy) is 1. The van der Waals surface area contributed by atoms with Crippen molar-refractivity contribution >= 4 is 15.9 Å². The zero-order valence-electron chi connectivity index (χ0n) is 10.5. The molecule has 0 fully saturated rings. The zero-order valence-corrected chi connectivity index (χ0v) is 12.1. The molecule has 2 rings (SSSR count). The average molecular weight is 311 g/mol. The summed E-state index contributed by atoms with van der Waals surface area (Å²) in [4.78, 5) is 0. The highest BCUT2D eigenvalue weighted by Crippen LogP contribution is 2.33. The molecule has 0 aliphatic heterocycles. The second-order valence-corrected chi connectivity index (χ2v) is 5.04. The number of benzene rings is 1.